The predicted octanol–water partition coefficient (Wildman–Crippen LogP) is 5.05. The molecule has 1 fully saturated rings. The Morgan fingerprint density at radius 3 is 2.48 bits per heavy atom. The minimum absolute atomic E-state index is 0.0338. The Morgan fingerprint density at radius 2 is 1.94 bits per heavy atom. The summed E-state index contributed by atoms with van der Waals surface area (Å²) in [5.41, 5.74) is 1.34. The van der Waals surface area contributed by atoms with Gasteiger partial charge in [-0.25, -0.2) is 4.68 Å². The smallest absolute Gasteiger partial charge is 0.245 e. The van der Waals surface area contributed by atoms with Crippen molar-refractivity contribution < 1.29 is 9.59 Å². The Bertz CT molecular complexity index is 941. The Morgan fingerprint density at radius 1 is 1.26 bits per heavy atom. The third kappa shape index (κ3) is 5.67. The van der Waals surface area contributed by atoms with E-state index < -0.39 is 0 Å². The van der Waals surface area contributed by atoms with Gasteiger partial charge >= 0.3 is 0 Å². The predicted molar refractivity (Wildman–Crippen MR) is 125 cm³/mol. The molecule has 1 aliphatic carbocycles. The van der Waals surface area contributed by atoms with Gasteiger partial charge in [0.15, 0.2) is 0 Å². The van der Waals surface area contributed by atoms with Crippen molar-refractivity contribution in [2.24, 2.45) is 11.8 Å². The van der Waals surface area contributed by atoms with Crippen molar-refractivity contribution >= 4 is 29.2 Å². The lowest BCUT2D eigenvalue weighted by atomic mass is 9.84. The summed E-state index contributed by atoms with van der Waals surface area (Å²) in [6.07, 6.45) is 2.93. The Hall–Kier alpha value is -2.34. The van der Waals surface area contributed by atoms with E-state index in [4.69, 9.17) is 16.7 Å². The standard InChI is InChI=1S/C24H33ClN4O2/c1-16(2)14-28(23(31)17-9-8-10-17)15-22(30)26-21-13-20(24(3,4)5)27-29(21)19-12-7-6-11-18(19)25/h6-7,11-13,16-17H,8-10,14-15H2,1-5H3,(H,26,30). The Labute approximate surface area is 190 Å². The third-order valence-corrected chi connectivity index (χ3v) is 5.83. The van der Waals surface area contributed by atoms with Crippen LogP contribution in [0.3, 0.4) is 0 Å². The number of amides is 2. The van der Waals surface area contributed by atoms with Gasteiger partial charge in [0.1, 0.15) is 5.82 Å². The molecule has 0 saturated heterocycles. The van der Waals surface area contributed by atoms with Crippen LogP contribution in [0.1, 0.15) is 59.6 Å². The van der Waals surface area contributed by atoms with E-state index in [-0.39, 0.29) is 35.6 Å². The summed E-state index contributed by atoms with van der Waals surface area (Å²) in [6, 6.07) is 9.27. The van der Waals surface area contributed by atoms with E-state index in [9.17, 15) is 9.59 Å². The molecular formula is C24H33ClN4O2. The first-order valence-electron chi connectivity index (χ1n) is 11.0. The number of anilines is 1. The van der Waals surface area contributed by atoms with Crippen LogP contribution in [-0.4, -0.2) is 39.6 Å². The van der Waals surface area contributed by atoms with E-state index >= 15 is 0 Å². The highest BCUT2D eigenvalue weighted by Gasteiger charge is 2.31. The fourth-order valence-corrected chi connectivity index (χ4v) is 3.80. The summed E-state index contributed by atoms with van der Waals surface area (Å²) < 4.78 is 1.67. The van der Waals surface area contributed by atoms with Crippen LogP contribution in [0, 0.1) is 11.8 Å². The van der Waals surface area contributed by atoms with Crippen molar-refractivity contribution in [1.82, 2.24) is 14.7 Å². The van der Waals surface area contributed by atoms with E-state index in [0.717, 1.165) is 25.0 Å². The monoisotopic (exact) mass is 444 g/mol. The molecule has 1 aromatic carbocycles. The zero-order chi connectivity index (χ0) is 22.8. The van der Waals surface area contributed by atoms with Crippen LogP contribution >= 0.6 is 11.6 Å². The van der Waals surface area contributed by atoms with Gasteiger partial charge in [0, 0.05) is 23.9 Å². The van der Waals surface area contributed by atoms with Gasteiger partial charge in [0.2, 0.25) is 11.8 Å². The first kappa shape index (κ1) is 23.3. The highest BCUT2D eigenvalue weighted by atomic mass is 35.5. The second kappa shape index (κ2) is 9.43. The van der Waals surface area contributed by atoms with Crippen molar-refractivity contribution in [3.63, 3.8) is 0 Å². The van der Waals surface area contributed by atoms with E-state index in [1.165, 1.54) is 0 Å². The van der Waals surface area contributed by atoms with Crippen molar-refractivity contribution in [3.8, 4) is 5.69 Å². The quantitative estimate of drug-likeness (QED) is 0.650. The second-order valence-electron chi connectivity index (χ2n) is 9.82. The Balaban J connectivity index is 1.84. The minimum atomic E-state index is -0.234. The fraction of sp³-hybridized carbons (Fsp3) is 0.542. The molecule has 1 aliphatic rings. The number of halogens is 1. The highest BCUT2D eigenvalue weighted by molar-refractivity contribution is 6.32. The molecule has 0 bridgehead atoms. The van der Waals surface area contributed by atoms with Crippen molar-refractivity contribution in [1.29, 1.82) is 0 Å². The van der Waals surface area contributed by atoms with Crippen LogP contribution in [0.25, 0.3) is 5.69 Å². The normalized spacial score (nSPS) is 14.4. The van der Waals surface area contributed by atoms with Gasteiger partial charge < -0.3 is 10.2 Å². The molecular weight excluding hydrogens is 412 g/mol. The number of benzene rings is 1. The summed E-state index contributed by atoms with van der Waals surface area (Å²) in [7, 11) is 0. The molecule has 31 heavy (non-hydrogen) atoms. The average molecular weight is 445 g/mol. The maximum absolute atomic E-state index is 13.0. The molecule has 1 aromatic heterocycles. The molecule has 1 heterocycles. The number of rotatable bonds is 7. The number of hydrogen-bond donors (Lipinski definition) is 1. The van der Waals surface area contributed by atoms with Crippen molar-refractivity contribution in [2.75, 3.05) is 18.4 Å². The fourth-order valence-electron chi connectivity index (χ4n) is 3.59. The van der Waals surface area contributed by atoms with E-state index in [2.05, 4.69) is 39.9 Å². The lowest BCUT2D eigenvalue weighted by molar-refractivity contribution is -0.141. The second-order valence-corrected chi connectivity index (χ2v) is 10.2. The highest BCUT2D eigenvalue weighted by Crippen LogP contribution is 2.30. The summed E-state index contributed by atoms with van der Waals surface area (Å²) in [5.74, 6) is 0.751. The van der Waals surface area contributed by atoms with Crippen molar-refractivity contribution in [2.45, 2.75) is 59.3 Å². The largest absolute Gasteiger partial charge is 0.333 e. The topological polar surface area (TPSA) is 67.2 Å². The molecule has 1 N–H and O–H groups in total. The summed E-state index contributed by atoms with van der Waals surface area (Å²) in [6.45, 7) is 10.9. The summed E-state index contributed by atoms with van der Waals surface area (Å²) >= 11 is 6.40. The summed E-state index contributed by atoms with van der Waals surface area (Å²) in [5, 5.41) is 8.23. The van der Waals surface area contributed by atoms with E-state index in [1.54, 1.807) is 15.6 Å². The molecule has 168 valence electrons. The van der Waals surface area contributed by atoms with Crippen LogP contribution in [0.15, 0.2) is 30.3 Å². The lowest BCUT2D eigenvalue weighted by Crippen LogP contribution is -2.44. The number of carbonyl (C=O) groups is 2. The SMILES string of the molecule is CC(C)CN(CC(=O)Nc1cc(C(C)(C)C)nn1-c1ccccc1Cl)C(=O)C1CCC1. The maximum atomic E-state index is 13.0. The van der Waals surface area contributed by atoms with Gasteiger partial charge in [-0.05, 0) is 30.9 Å². The molecule has 0 atom stereocenters. The van der Waals surface area contributed by atoms with E-state index in [0.29, 0.717) is 23.1 Å². The van der Waals surface area contributed by atoms with Gasteiger partial charge in [-0.15, -0.1) is 0 Å². The molecule has 0 spiro atoms. The van der Waals surface area contributed by atoms with Crippen LogP contribution in [0.5, 0.6) is 0 Å². The molecule has 0 aliphatic heterocycles. The number of para-hydroxylation sites is 1. The Kier molecular flexibility index (Phi) is 7.10. The number of nitrogens with zero attached hydrogens (tertiary/aromatic N) is 3. The molecule has 7 heteroatoms. The molecule has 1 saturated carbocycles. The van der Waals surface area contributed by atoms with Crippen LogP contribution in [0.2, 0.25) is 5.02 Å². The molecule has 2 aromatic rings. The summed E-state index contributed by atoms with van der Waals surface area (Å²) in [4.78, 5) is 27.5. The average Bonchev–Trinajstić information content (AvgIpc) is 3.03. The number of hydrogen-bond acceptors (Lipinski definition) is 3. The number of aromatic nitrogens is 2. The van der Waals surface area contributed by atoms with E-state index in [1.807, 2.05) is 24.3 Å². The van der Waals surface area contributed by atoms with Crippen LogP contribution in [0.4, 0.5) is 5.82 Å². The van der Waals surface area contributed by atoms with Gasteiger partial charge in [-0.1, -0.05) is 64.8 Å². The van der Waals surface area contributed by atoms with Gasteiger partial charge in [-0.2, -0.15) is 5.10 Å². The first-order chi connectivity index (χ1) is 14.6. The zero-order valence-electron chi connectivity index (χ0n) is 19.1. The van der Waals surface area contributed by atoms with Crippen molar-refractivity contribution in [3.05, 3.63) is 41.0 Å². The third-order valence-electron chi connectivity index (χ3n) is 5.51. The van der Waals surface area contributed by atoms with Gasteiger partial charge in [0.25, 0.3) is 0 Å². The molecule has 3 rings (SSSR count). The van der Waals surface area contributed by atoms with Gasteiger partial charge in [0.05, 0.1) is 22.9 Å². The number of nitrogens with one attached hydrogen (secondary N) is 1. The molecule has 0 unspecified atom stereocenters. The van der Waals surface area contributed by atoms with Crippen LogP contribution < -0.4 is 5.32 Å². The molecule has 6 nitrogen and oxygen atoms in total. The molecule has 2 amide bonds. The lowest BCUT2D eigenvalue weighted by Gasteiger charge is -2.32. The number of carbonyl (C=O) groups excluding carboxylic acids is 2. The molecule has 0 radical (unpaired) electrons. The zero-order valence-corrected chi connectivity index (χ0v) is 19.9. The first-order valence-corrected chi connectivity index (χ1v) is 11.4. The van der Waals surface area contributed by atoms with Crippen LogP contribution in [-0.2, 0) is 15.0 Å². The van der Waals surface area contributed by atoms with Gasteiger partial charge in [-0.3, -0.25) is 9.59 Å². The maximum Gasteiger partial charge on any atom is 0.245 e. The minimum Gasteiger partial charge on any atom is -0.333 e.